The van der Waals surface area contributed by atoms with Gasteiger partial charge in [0, 0.05) is 10.4 Å². The Bertz CT molecular complexity index is 855. The molecule has 0 unspecified atom stereocenters. The van der Waals surface area contributed by atoms with Gasteiger partial charge in [0.2, 0.25) is 5.82 Å². The Morgan fingerprint density at radius 2 is 1.93 bits per heavy atom. The molecule has 1 fully saturated rings. The van der Waals surface area contributed by atoms with Crippen molar-refractivity contribution in [2.24, 2.45) is 0 Å². The van der Waals surface area contributed by atoms with Crippen molar-refractivity contribution in [2.75, 3.05) is 39.8 Å². The minimum absolute atomic E-state index is 0.124. The van der Waals surface area contributed by atoms with E-state index in [9.17, 15) is 0 Å². The molecular formula is C20H28N6OS+2. The van der Waals surface area contributed by atoms with Gasteiger partial charge in [0.1, 0.15) is 31.9 Å². The van der Waals surface area contributed by atoms with E-state index in [1.807, 2.05) is 16.8 Å². The Morgan fingerprint density at radius 3 is 2.57 bits per heavy atom. The highest BCUT2D eigenvalue weighted by atomic mass is 32.1. The molecule has 1 aliphatic heterocycles. The zero-order valence-electron chi connectivity index (χ0n) is 16.5. The molecule has 0 spiro atoms. The van der Waals surface area contributed by atoms with Crippen LogP contribution in [0.2, 0.25) is 0 Å². The zero-order valence-corrected chi connectivity index (χ0v) is 17.3. The van der Waals surface area contributed by atoms with E-state index in [1.165, 1.54) is 35.0 Å². The molecule has 148 valence electrons. The number of nitrogens with zero attached hydrogens (tertiary/aromatic N) is 4. The number of hydrogen-bond donors (Lipinski definition) is 2. The number of rotatable bonds is 7. The monoisotopic (exact) mass is 400 g/mol. The molecule has 3 aromatic rings. The number of ether oxygens (including phenoxy) is 1. The first kappa shape index (κ1) is 19.0. The number of quaternary nitrogens is 2. The van der Waals surface area contributed by atoms with E-state index >= 15 is 0 Å². The van der Waals surface area contributed by atoms with Crippen molar-refractivity contribution in [3.63, 3.8) is 0 Å². The van der Waals surface area contributed by atoms with Crippen molar-refractivity contribution in [1.29, 1.82) is 0 Å². The topological polar surface area (TPSA) is 61.7 Å². The van der Waals surface area contributed by atoms with Crippen LogP contribution >= 0.6 is 11.3 Å². The number of aromatic nitrogens is 4. The minimum atomic E-state index is 0.124. The van der Waals surface area contributed by atoms with Crippen LogP contribution in [0.25, 0.3) is 0 Å². The van der Waals surface area contributed by atoms with E-state index in [0.717, 1.165) is 24.7 Å². The van der Waals surface area contributed by atoms with Crippen LogP contribution in [0, 0.1) is 0 Å². The first-order valence-corrected chi connectivity index (χ1v) is 10.8. The number of benzene rings is 1. The van der Waals surface area contributed by atoms with Gasteiger partial charge in [0.15, 0.2) is 6.04 Å². The number of methoxy groups -OCH3 is 1. The molecule has 1 aliphatic rings. The number of likely N-dealkylation sites (N-methyl/N-ethyl adjacent to an activating group) is 1. The fourth-order valence-corrected chi connectivity index (χ4v) is 4.70. The van der Waals surface area contributed by atoms with E-state index in [-0.39, 0.29) is 6.04 Å². The maximum atomic E-state index is 5.35. The first-order chi connectivity index (χ1) is 13.8. The fraction of sp³-hybridized carbons (Fsp3) is 0.450. The first-order valence-electron chi connectivity index (χ1n) is 9.89. The van der Waals surface area contributed by atoms with Crippen molar-refractivity contribution in [3.05, 3.63) is 58.0 Å². The summed E-state index contributed by atoms with van der Waals surface area (Å²) in [4.78, 5) is 4.47. The number of thiophene rings is 1. The maximum absolute atomic E-state index is 5.35. The van der Waals surface area contributed by atoms with Gasteiger partial charge in [0.05, 0.1) is 20.2 Å². The SMILES string of the molecule is CC[NH+]1CC[NH+]([C@H](c2ccc(OC)cc2)c2nnnn2Cc2cccs2)CC1. The standard InChI is InChI=1S/C20H26N6OS/c1-3-24-10-12-25(13-11-24)19(16-6-8-17(27-2)9-7-16)20-21-22-23-26(20)15-18-5-4-14-28-18/h4-9,14,19H,3,10-13,15H2,1-2H3/p+2/t19-/m1/s1. The summed E-state index contributed by atoms with van der Waals surface area (Å²) in [6.07, 6.45) is 0. The van der Waals surface area contributed by atoms with E-state index in [0.29, 0.717) is 6.54 Å². The summed E-state index contributed by atoms with van der Waals surface area (Å²) in [5.41, 5.74) is 1.23. The Labute approximate surface area is 169 Å². The molecule has 7 nitrogen and oxygen atoms in total. The molecule has 28 heavy (non-hydrogen) atoms. The van der Waals surface area contributed by atoms with E-state index in [4.69, 9.17) is 4.74 Å². The Balaban J connectivity index is 1.66. The minimum Gasteiger partial charge on any atom is -0.497 e. The zero-order chi connectivity index (χ0) is 19.3. The molecule has 1 atom stereocenters. The summed E-state index contributed by atoms with van der Waals surface area (Å²) >= 11 is 1.74. The summed E-state index contributed by atoms with van der Waals surface area (Å²) in [6, 6.07) is 12.7. The molecule has 0 bridgehead atoms. The largest absolute Gasteiger partial charge is 0.497 e. The fourth-order valence-electron chi connectivity index (χ4n) is 4.01. The van der Waals surface area contributed by atoms with Gasteiger partial charge in [-0.2, -0.15) is 0 Å². The second-order valence-corrected chi connectivity index (χ2v) is 8.27. The van der Waals surface area contributed by atoms with Gasteiger partial charge in [-0.1, -0.05) is 6.07 Å². The van der Waals surface area contributed by atoms with Gasteiger partial charge in [-0.25, -0.2) is 4.68 Å². The average molecular weight is 401 g/mol. The second kappa shape index (κ2) is 8.81. The van der Waals surface area contributed by atoms with Crippen LogP contribution in [0.1, 0.15) is 29.2 Å². The molecule has 0 amide bonds. The number of nitrogens with one attached hydrogen (secondary N) is 2. The quantitative estimate of drug-likeness (QED) is 0.571. The number of hydrogen-bond acceptors (Lipinski definition) is 5. The average Bonchev–Trinajstić information content (AvgIpc) is 3.42. The molecule has 0 radical (unpaired) electrons. The number of piperazine rings is 1. The van der Waals surface area contributed by atoms with Crippen LogP contribution in [0.5, 0.6) is 5.75 Å². The highest BCUT2D eigenvalue weighted by Gasteiger charge is 2.35. The smallest absolute Gasteiger partial charge is 0.214 e. The van der Waals surface area contributed by atoms with Crippen LogP contribution in [-0.2, 0) is 6.54 Å². The molecule has 2 N–H and O–H groups in total. The summed E-state index contributed by atoms with van der Waals surface area (Å²) in [7, 11) is 1.70. The Hall–Kier alpha value is -2.29. The third-order valence-corrected chi connectivity index (χ3v) is 6.52. The van der Waals surface area contributed by atoms with Gasteiger partial charge in [0.25, 0.3) is 0 Å². The molecule has 1 aromatic carbocycles. The summed E-state index contributed by atoms with van der Waals surface area (Å²) in [6.45, 7) is 8.78. The predicted octanol–water partition coefficient (Wildman–Crippen LogP) is -0.316. The molecule has 2 aromatic heterocycles. The molecular weight excluding hydrogens is 372 g/mol. The normalized spacial score (nSPS) is 20.8. The predicted molar refractivity (Wildman–Crippen MR) is 108 cm³/mol. The molecule has 8 heteroatoms. The van der Waals surface area contributed by atoms with Gasteiger partial charge in [-0.15, -0.1) is 16.4 Å². The summed E-state index contributed by atoms with van der Waals surface area (Å²) < 4.78 is 7.32. The lowest BCUT2D eigenvalue weighted by Crippen LogP contribution is -3.28. The van der Waals surface area contributed by atoms with Gasteiger partial charge < -0.3 is 14.5 Å². The summed E-state index contributed by atoms with van der Waals surface area (Å²) in [5.74, 6) is 1.81. The maximum Gasteiger partial charge on any atom is 0.214 e. The third kappa shape index (κ3) is 4.09. The van der Waals surface area contributed by atoms with Crippen molar-refractivity contribution in [2.45, 2.75) is 19.5 Å². The van der Waals surface area contributed by atoms with Gasteiger partial charge in [-0.3, -0.25) is 0 Å². The number of tetrazole rings is 1. The van der Waals surface area contributed by atoms with Crippen molar-refractivity contribution < 1.29 is 14.5 Å². The molecule has 0 saturated carbocycles. The second-order valence-electron chi connectivity index (χ2n) is 7.24. The molecule has 1 saturated heterocycles. The third-order valence-electron chi connectivity index (χ3n) is 5.66. The lowest BCUT2D eigenvalue weighted by Gasteiger charge is -2.33. The van der Waals surface area contributed by atoms with Crippen LogP contribution in [0.4, 0.5) is 0 Å². The van der Waals surface area contributed by atoms with Crippen LogP contribution in [0.3, 0.4) is 0 Å². The molecule has 4 rings (SSSR count). The lowest BCUT2D eigenvalue weighted by molar-refractivity contribution is -1.02. The van der Waals surface area contributed by atoms with Crippen molar-refractivity contribution >= 4 is 11.3 Å². The van der Waals surface area contributed by atoms with E-state index in [1.54, 1.807) is 23.3 Å². The van der Waals surface area contributed by atoms with Crippen molar-refractivity contribution in [3.8, 4) is 5.75 Å². The highest BCUT2D eigenvalue weighted by Crippen LogP contribution is 2.21. The van der Waals surface area contributed by atoms with Crippen LogP contribution in [0.15, 0.2) is 41.8 Å². The molecule has 3 heterocycles. The Morgan fingerprint density at radius 1 is 1.14 bits per heavy atom. The van der Waals surface area contributed by atoms with E-state index < -0.39 is 0 Å². The van der Waals surface area contributed by atoms with E-state index in [2.05, 4.69) is 52.1 Å². The highest BCUT2D eigenvalue weighted by molar-refractivity contribution is 7.09. The lowest BCUT2D eigenvalue weighted by atomic mass is 10.0. The summed E-state index contributed by atoms with van der Waals surface area (Å²) in [5, 5.41) is 14.9. The van der Waals surface area contributed by atoms with Crippen LogP contribution < -0.4 is 14.5 Å². The Kier molecular flexibility index (Phi) is 5.99. The van der Waals surface area contributed by atoms with Gasteiger partial charge >= 0.3 is 0 Å². The van der Waals surface area contributed by atoms with Crippen LogP contribution in [-0.4, -0.2) is 60.0 Å². The van der Waals surface area contributed by atoms with Crippen molar-refractivity contribution in [1.82, 2.24) is 20.2 Å². The van der Waals surface area contributed by atoms with Gasteiger partial charge in [-0.05, 0) is 53.1 Å². The molecule has 0 aliphatic carbocycles.